The number of carboxylic acid groups (broad SMARTS) is 1. The highest BCUT2D eigenvalue weighted by molar-refractivity contribution is 5.92. The lowest BCUT2D eigenvalue weighted by Crippen LogP contribution is -2.48. The number of nitrogens with one attached hydrogen (secondary N) is 2. The highest BCUT2D eigenvalue weighted by Crippen LogP contribution is 1.99. The van der Waals surface area contributed by atoms with Gasteiger partial charge in [-0.1, -0.05) is 79.8 Å². The third-order valence-electron chi connectivity index (χ3n) is 5.44. The van der Waals surface area contributed by atoms with Crippen molar-refractivity contribution < 1.29 is 24.2 Å². The van der Waals surface area contributed by atoms with E-state index in [0.29, 0.717) is 16.8 Å². The molecule has 0 saturated heterocycles. The number of nitrogens with zero attached hydrogens (tertiary/aromatic N) is 2. The lowest BCUT2D eigenvalue weighted by atomic mass is 10.2. The smallest absolute Gasteiger partial charge is 0.328 e. The predicted octanol–water partition coefficient (Wildman–Crippen LogP) is 4.80. The number of carboxylic acids is 1. The number of aromatic nitrogens is 2. The van der Waals surface area contributed by atoms with E-state index in [1.165, 1.54) is 13.1 Å². The monoisotopic (exact) mass is 550 g/mol. The van der Waals surface area contributed by atoms with Crippen molar-refractivity contribution >= 4 is 17.8 Å². The maximum atomic E-state index is 12.1. The van der Waals surface area contributed by atoms with Crippen LogP contribution in [0.3, 0.4) is 0 Å². The molecule has 0 fully saturated rings. The number of carbonyl (C=O) groups excluding carboxylic acids is 2. The molecule has 0 bridgehead atoms. The molecule has 0 aliphatic carbocycles. The Bertz CT molecular complexity index is 1100. The minimum absolute atomic E-state index is 0.121. The van der Waals surface area contributed by atoms with E-state index in [1.54, 1.807) is 0 Å². The number of rotatable bonds is 19. The second-order valence-electron chi connectivity index (χ2n) is 8.86. The van der Waals surface area contributed by atoms with E-state index >= 15 is 0 Å². The van der Waals surface area contributed by atoms with Gasteiger partial charge in [0.25, 0.3) is 5.91 Å². The standard InChI is InChI=1S/C31H42N4O5/c1-3-4-5-6-7-8-9-10-11-12-13-14-15-16-17-18-19-20-21-22-29(36)34-27(31(38)39)24-33-30(37)28-25-35(40)26(2)23-32-28/h4-5,7-8,10-11,13-14,16-17,19-20,23,25,27H,3,6,9,12,15,18,21-22,24H2,1-2H3,(H,33,37)(H,34,36)(H,38,39)/b5-4-,8-7-,11-10-,14-13-,17-16-,20-19-. The number of hydrogen-bond acceptors (Lipinski definition) is 5. The molecule has 1 atom stereocenters. The SMILES string of the molecule is CC/C=C\C/C=C\C/C=C\C/C=C\C/C=C\C/C=C\CCC(=O)NC(CNC(=O)c1c[n+]([O-])c(C)cn1)C(=O)O. The lowest BCUT2D eigenvalue weighted by molar-refractivity contribution is -0.613. The second-order valence-corrected chi connectivity index (χ2v) is 8.86. The second kappa shape index (κ2) is 21.6. The van der Waals surface area contributed by atoms with Gasteiger partial charge in [-0.15, -0.1) is 0 Å². The molecular weight excluding hydrogens is 508 g/mol. The Morgan fingerprint density at radius 2 is 1.40 bits per heavy atom. The van der Waals surface area contributed by atoms with E-state index in [-0.39, 0.29) is 18.7 Å². The van der Waals surface area contributed by atoms with Gasteiger partial charge in [0.1, 0.15) is 6.04 Å². The first-order valence-corrected chi connectivity index (χ1v) is 13.6. The Balaban J connectivity index is 2.20. The molecule has 1 aromatic rings. The van der Waals surface area contributed by atoms with Crippen molar-refractivity contribution in [3.8, 4) is 0 Å². The summed E-state index contributed by atoms with van der Waals surface area (Å²) in [5.74, 6) is -2.42. The van der Waals surface area contributed by atoms with Crippen LogP contribution in [-0.4, -0.2) is 40.5 Å². The van der Waals surface area contributed by atoms with E-state index in [0.717, 1.165) is 44.7 Å². The maximum Gasteiger partial charge on any atom is 0.328 e. The van der Waals surface area contributed by atoms with Crippen LogP contribution in [0.15, 0.2) is 85.3 Å². The van der Waals surface area contributed by atoms with Crippen molar-refractivity contribution in [3.05, 3.63) is 102 Å². The Labute approximate surface area is 237 Å². The minimum atomic E-state index is -1.30. The molecule has 0 radical (unpaired) electrons. The molecule has 216 valence electrons. The molecular formula is C31H42N4O5. The first-order valence-electron chi connectivity index (χ1n) is 13.6. The van der Waals surface area contributed by atoms with Gasteiger partial charge in [0, 0.05) is 19.9 Å². The van der Waals surface area contributed by atoms with Crippen LogP contribution in [0.4, 0.5) is 0 Å². The molecule has 9 heteroatoms. The lowest BCUT2D eigenvalue weighted by Gasteiger charge is -2.15. The quantitative estimate of drug-likeness (QED) is 0.129. The highest BCUT2D eigenvalue weighted by atomic mass is 16.5. The summed E-state index contributed by atoms with van der Waals surface area (Å²) in [6.07, 6.45) is 33.6. The molecule has 1 aromatic heterocycles. The highest BCUT2D eigenvalue weighted by Gasteiger charge is 2.21. The Morgan fingerprint density at radius 1 is 0.900 bits per heavy atom. The van der Waals surface area contributed by atoms with Gasteiger partial charge in [-0.3, -0.25) is 9.59 Å². The van der Waals surface area contributed by atoms with E-state index in [2.05, 4.69) is 83.3 Å². The van der Waals surface area contributed by atoms with Crippen molar-refractivity contribution in [1.82, 2.24) is 15.6 Å². The van der Waals surface area contributed by atoms with Gasteiger partial charge in [-0.05, 0) is 44.9 Å². The summed E-state index contributed by atoms with van der Waals surface area (Å²) in [6, 6.07) is -1.30. The number of carbonyl (C=O) groups is 3. The summed E-state index contributed by atoms with van der Waals surface area (Å²) in [5, 5.41) is 25.7. The number of allylic oxidation sites excluding steroid dienone is 12. The van der Waals surface area contributed by atoms with Gasteiger partial charge in [-0.25, -0.2) is 9.78 Å². The number of aryl methyl sites for hydroxylation is 1. The third-order valence-corrected chi connectivity index (χ3v) is 5.44. The van der Waals surface area contributed by atoms with Crippen LogP contribution in [0.1, 0.15) is 74.5 Å². The van der Waals surface area contributed by atoms with E-state index in [1.807, 2.05) is 12.2 Å². The van der Waals surface area contributed by atoms with Crippen molar-refractivity contribution in [2.24, 2.45) is 0 Å². The topological polar surface area (TPSA) is 135 Å². The molecule has 0 spiro atoms. The molecule has 0 aromatic carbocycles. The molecule has 9 nitrogen and oxygen atoms in total. The van der Waals surface area contributed by atoms with Gasteiger partial charge >= 0.3 is 5.97 Å². The van der Waals surface area contributed by atoms with Crippen molar-refractivity contribution in [2.45, 2.75) is 71.3 Å². The van der Waals surface area contributed by atoms with Crippen LogP contribution in [0.25, 0.3) is 0 Å². The third kappa shape index (κ3) is 16.5. The summed E-state index contributed by atoms with van der Waals surface area (Å²) < 4.78 is 0.494. The molecule has 1 unspecified atom stereocenters. The fraction of sp³-hybridized carbons (Fsp3) is 0.387. The Hall–Kier alpha value is -4.27. The van der Waals surface area contributed by atoms with Gasteiger partial charge in [0.05, 0.1) is 6.20 Å². The van der Waals surface area contributed by atoms with Crippen LogP contribution in [0.2, 0.25) is 0 Å². The maximum absolute atomic E-state index is 12.1. The fourth-order valence-corrected chi connectivity index (χ4v) is 3.19. The summed E-state index contributed by atoms with van der Waals surface area (Å²) in [6.45, 7) is 3.33. The Morgan fingerprint density at radius 3 is 1.88 bits per heavy atom. The molecule has 0 aliphatic rings. The van der Waals surface area contributed by atoms with Gasteiger partial charge in [0.15, 0.2) is 5.69 Å². The van der Waals surface area contributed by atoms with E-state index in [4.69, 9.17) is 0 Å². The predicted molar refractivity (Wildman–Crippen MR) is 157 cm³/mol. The largest absolute Gasteiger partial charge is 0.618 e. The van der Waals surface area contributed by atoms with Crippen molar-refractivity contribution in [3.63, 3.8) is 0 Å². The first kappa shape index (κ1) is 33.8. The van der Waals surface area contributed by atoms with E-state index in [9.17, 15) is 24.7 Å². The average Bonchev–Trinajstić information content (AvgIpc) is 2.93. The van der Waals surface area contributed by atoms with Crippen LogP contribution in [0.5, 0.6) is 0 Å². The van der Waals surface area contributed by atoms with Crippen LogP contribution in [-0.2, 0) is 9.59 Å². The molecule has 40 heavy (non-hydrogen) atoms. The molecule has 1 rings (SSSR count). The number of amides is 2. The first-order chi connectivity index (χ1) is 19.3. The zero-order chi connectivity index (χ0) is 29.4. The van der Waals surface area contributed by atoms with Crippen molar-refractivity contribution in [2.75, 3.05) is 6.54 Å². The van der Waals surface area contributed by atoms with Gasteiger partial charge in [-0.2, -0.15) is 4.73 Å². The minimum Gasteiger partial charge on any atom is -0.618 e. The molecule has 2 amide bonds. The molecule has 0 aliphatic heterocycles. The molecule has 1 heterocycles. The zero-order valence-corrected chi connectivity index (χ0v) is 23.5. The number of hydrogen-bond donors (Lipinski definition) is 3. The van der Waals surface area contributed by atoms with Gasteiger partial charge < -0.3 is 20.9 Å². The average molecular weight is 551 g/mol. The normalized spacial score (nSPS) is 12.9. The summed E-state index contributed by atoms with van der Waals surface area (Å²) in [4.78, 5) is 39.6. The molecule has 0 saturated carbocycles. The summed E-state index contributed by atoms with van der Waals surface area (Å²) >= 11 is 0. The molecule has 3 N–H and O–H groups in total. The Kier molecular flexibility index (Phi) is 18.3. The van der Waals surface area contributed by atoms with Gasteiger partial charge in [0.2, 0.25) is 17.8 Å². The van der Waals surface area contributed by atoms with Crippen LogP contribution >= 0.6 is 0 Å². The fourth-order valence-electron chi connectivity index (χ4n) is 3.19. The van der Waals surface area contributed by atoms with Crippen molar-refractivity contribution in [1.29, 1.82) is 0 Å². The summed E-state index contributed by atoms with van der Waals surface area (Å²) in [7, 11) is 0. The van der Waals surface area contributed by atoms with Crippen LogP contribution in [0, 0.1) is 12.1 Å². The van der Waals surface area contributed by atoms with Crippen LogP contribution < -0.4 is 15.4 Å². The summed E-state index contributed by atoms with van der Waals surface area (Å²) in [5.41, 5.74) is 0.174. The number of aliphatic carboxylic acids is 1. The zero-order valence-electron chi connectivity index (χ0n) is 23.5. The van der Waals surface area contributed by atoms with E-state index < -0.39 is 23.8 Å².